The lowest BCUT2D eigenvalue weighted by Gasteiger charge is -2.26. The van der Waals surface area contributed by atoms with Crippen LogP contribution < -0.4 is 11.1 Å². The first-order valence-electron chi connectivity index (χ1n) is 3.89. The minimum atomic E-state index is -0.322. The maximum atomic E-state index is 10.6. The minimum Gasteiger partial charge on any atom is -0.370 e. The average Bonchev–Trinajstić information content (AvgIpc) is 1.83. The summed E-state index contributed by atoms with van der Waals surface area (Å²) in [6.07, 6.45) is 5.47. The summed E-state index contributed by atoms with van der Waals surface area (Å²) >= 11 is 0. The predicted octanol–water partition coefficient (Wildman–Crippen LogP) is 0.252. The molecule has 3 nitrogen and oxygen atoms in total. The van der Waals surface area contributed by atoms with Gasteiger partial charge in [0.05, 0.1) is 6.04 Å². The van der Waals surface area contributed by atoms with Crippen molar-refractivity contribution in [2.75, 3.05) is 0 Å². The third-order valence-electron chi connectivity index (χ3n) is 1.47. The molecule has 0 spiro atoms. The zero-order chi connectivity index (χ0) is 9.78. The third kappa shape index (κ3) is 4.75. The average molecular weight is 168 g/mol. The van der Waals surface area contributed by atoms with Crippen LogP contribution in [0.5, 0.6) is 0 Å². The third-order valence-corrected chi connectivity index (χ3v) is 1.47. The van der Waals surface area contributed by atoms with Gasteiger partial charge in [-0.1, -0.05) is 5.92 Å². The van der Waals surface area contributed by atoms with Gasteiger partial charge in [0.25, 0.3) is 0 Å². The number of hydrogen-bond acceptors (Lipinski definition) is 2. The summed E-state index contributed by atoms with van der Waals surface area (Å²) in [5.74, 6) is 2.21. The molecule has 0 saturated carbocycles. The Morgan fingerprint density at radius 1 is 1.75 bits per heavy atom. The fourth-order valence-corrected chi connectivity index (χ4v) is 1.11. The van der Waals surface area contributed by atoms with E-state index in [9.17, 15) is 4.79 Å². The van der Waals surface area contributed by atoms with Gasteiger partial charge in [-0.05, 0) is 20.8 Å². The summed E-state index contributed by atoms with van der Waals surface area (Å²) in [5, 5.41) is 3.10. The number of primary amides is 1. The van der Waals surface area contributed by atoms with Crippen molar-refractivity contribution in [3.63, 3.8) is 0 Å². The quantitative estimate of drug-likeness (QED) is 0.591. The topological polar surface area (TPSA) is 55.1 Å². The highest BCUT2D eigenvalue weighted by molar-refractivity contribution is 5.75. The second-order valence-electron chi connectivity index (χ2n) is 3.56. The van der Waals surface area contributed by atoms with E-state index in [2.05, 4.69) is 11.2 Å². The Morgan fingerprint density at radius 3 is 2.58 bits per heavy atom. The van der Waals surface area contributed by atoms with E-state index in [0.717, 1.165) is 0 Å². The number of carbonyl (C=O) groups excluding carboxylic acids is 1. The van der Waals surface area contributed by atoms with Crippen molar-refractivity contribution >= 4 is 5.91 Å². The molecule has 0 saturated heterocycles. The molecule has 1 amide bonds. The maximum Gasteiger partial charge on any atom is 0.219 e. The fraction of sp³-hybridized carbons (Fsp3) is 0.667. The van der Waals surface area contributed by atoms with Gasteiger partial charge < -0.3 is 5.73 Å². The highest BCUT2D eigenvalue weighted by atomic mass is 16.1. The van der Waals surface area contributed by atoms with Gasteiger partial charge in [-0.15, -0.1) is 6.42 Å². The lowest BCUT2D eigenvalue weighted by Crippen LogP contribution is -2.46. The van der Waals surface area contributed by atoms with Crippen molar-refractivity contribution in [1.29, 1.82) is 0 Å². The second-order valence-corrected chi connectivity index (χ2v) is 3.56. The van der Waals surface area contributed by atoms with Crippen molar-refractivity contribution in [2.24, 2.45) is 5.73 Å². The van der Waals surface area contributed by atoms with Crippen LogP contribution in [0.15, 0.2) is 0 Å². The number of nitrogens with two attached hydrogens (primary N) is 1. The van der Waals surface area contributed by atoms with Crippen molar-refractivity contribution < 1.29 is 4.79 Å². The van der Waals surface area contributed by atoms with Crippen LogP contribution in [0.4, 0.5) is 0 Å². The highest BCUT2D eigenvalue weighted by Gasteiger charge is 2.21. The molecule has 0 bridgehead atoms. The molecule has 0 aliphatic heterocycles. The molecule has 0 aromatic heterocycles. The van der Waals surface area contributed by atoms with Crippen LogP contribution in [0.1, 0.15) is 27.2 Å². The van der Waals surface area contributed by atoms with Gasteiger partial charge in [0.15, 0.2) is 0 Å². The van der Waals surface area contributed by atoms with Crippen LogP contribution in [0, 0.1) is 12.3 Å². The number of nitrogens with one attached hydrogen (secondary N) is 1. The molecule has 0 fully saturated rings. The summed E-state index contributed by atoms with van der Waals surface area (Å²) in [7, 11) is 0. The molecule has 12 heavy (non-hydrogen) atoms. The Balaban J connectivity index is 4.05. The maximum absolute atomic E-state index is 10.6. The Labute approximate surface area is 73.7 Å². The summed E-state index contributed by atoms with van der Waals surface area (Å²) in [6.45, 7) is 5.65. The molecule has 0 aliphatic carbocycles. The molecule has 0 aromatic rings. The van der Waals surface area contributed by atoms with Crippen LogP contribution in [0.2, 0.25) is 0 Å². The first-order chi connectivity index (χ1) is 5.37. The first kappa shape index (κ1) is 11.0. The van der Waals surface area contributed by atoms with E-state index in [1.54, 1.807) is 0 Å². The van der Waals surface area contributed by atoms with E-state index < -0.39 is 0 Å². The lowest BCUT2D eigenvalue weighted by atomic mass is 9.99. The van der Waals surface area contributed by atoms with E-state index in [1.807, 2.05) is 20.8 Å². The van der Waals surface area contributed by atoms with Crippen molar-refractivity contribution in [3.8, 4) is 12.3 Å². The molecule has 1 unspecified atom stereocenters. The normalized spacial score (nSPS) is 13.5. The number of hydrogen-bond donors (Lipinski definition) is 2. The molecule has 0 aliphatic rings. The molecule has 0 radical (unpaired) electrons. The van der Waals surface area contributed by atoms with Crippen LogP contribution in [0.3, 0.4) is 0 Å². The zero-order valence-electron chi connectivity index (χ0n) is 7.85. The monoisotopic (exact) mass is 168 g/mol. The molecule has 1 atom stereocenters. The second kappa shape index (κ2) is 4.13. The molecule has 3 N–H and O–H groups in total. The molecule has 0 rings (SSSR count). The summed E-state index contributed by atoms with van der Waals surface area (Å²) in [4.78, 5) is 10.6. The standard InChI is InChI=1S/C9H16N2O/c1-5-7(2)11-9(3,4)6-8(10)12/h1,7,11H,6H2,2-4H3,(H2,10,12). The smallest absolute Gasteiger partial charge is 0.219 e. The van der Waals surface area contributed by atoms with Gasteiger partial charge in [0, 0.05) is 12.0 Å². The van der Waals surface area contributed by atoms with Crippen LogP contribution >= 0.6 is 0 Å². The largest absolute Gasteiger partial charge is 0.370 e. The van der Waals surface area contributed by atoms with E-state index >= 15 is 0 Å². The molecule has 3 heteroatoms. The van der Waals surface area contributed by atoms with Gasteiger partial charge in [0.1, 0.15) is 0 Å². The van der Waals surface area contributed by atoms with E-state index in [1.165, 1.54) is 0 Å². The number of carbonyl (C=O) groups is 1. The molecule has 68 valence electrons. The SMILES string of the molecule is C#CC(C)NC(C)(C)CC(N)=O. The molecule has 0 aromatic carbocycles. The number of amides is 1. The van der Waals surface area contributed by atoms with Crippen molar-refractivity contribution in [1.82, 2.24) is 5.32 Å². The Hall–Kier alpha value is -1.01. The number of rotatable bonds is 4. The fourth-order valence-electron chi connectivity index (χ4n) is 1.11. The van der Waals surface area contributed by atoms with Crippen molar-refractivity contribution in [2.45, 2.75) is 38.8 Å². The summed E-state index contributed by atoms with van der Waals surface area (Å²) in [6, 6.07) is -0.0423. The Morgan fingerprint density at radius 2 is 2.25 bits per heavy atom. The Kier molecular flexibility index (Phi) is 3.78. The predicted molar refractivity (Wildman–Crippen MR) is 49.3 cm³/mol. The van der Waals surface area contributed by atoms with E-state index in [0.29, 0.717) is 6.42 Å². The molecular weight excluding hydrogens is 152 g/mol. The summed E-state index contributed by atoms with van der Waals surface area (Å²) < 4.78 is 0. The van der Waals surface area contributed by atoms with Crippen LogP contribution in [-0.2, 0) is 4.79 Å². The zero-order valence-corrected chi connectivity index (χ0v) is 7.85. The van der Waals surface area contributed by atoms with Gasteiger partial charge in [-0.2, -0.15) is 0 Å². The molecule has 0 heterocycles. The first-order valence-corrected chi connectivity index (χ1v) is 3.89. The van der Waals surface area contributed by atoms with Crippen molar-refractivity contribution in [3.05, 3.63) is 0 Å². The highest BCUT2D eigenvalue weighted by Crippen LogP contribution is 2.08. The minimum absolute atomic E-state index is 0.0423. The van der Waals surface area contributed by atoms with Crippen LogP contribution in [0.25, 0.3) is 0 Å². The Bertz CT molecular complexity index is 203. The molecular formula is C9H16N2O. The van der Waals surface area contributed by atoms with Gasteiger partial charge in [-0.3, -0.25) is 10.1 Å². The number of terminal acetylenes is 1. The van der Waals surface area contributed by atoms with Gasteiger partial charge in [-0.25, -0.2) is 0 Å². The van der Waals surface area contributed by atoms with E-state index in [-0.39, 0.29) is 17.5 Å². The van der Waals surface area contributed by atoms with Gasteiger partial charge in [0.2, 0.25) is 5.91 Å². The lowest BCUT2D eigenvalue weighted by molar-refractivity contribution is -0.119. The van der Waals surface area contributed by atoms with Gasteiger partial charge >= 0.3 is 0 Å². The van der Waals surface area contributed by atoms with E-state index in [4.69, 9.17) is 12.2 Å². The van der Waals surface area contributed by atoms with Crippen LogP contribution in [-0.4, -0.2) is 17.5 Å². The summed E-state index contributed by atoms with van der Waals surface area (Å²) in [5.41, 5.74) is 4.74.